The van der Waals surface area contributed by atoms with E-state index in [0.29, 0.717) is 24.4 Å². The predicted molar refractivity (Wildman–Crippen MR) is 125 cm³/mol. The zero-order chi connectivity index (χ0) is 23.9. The average molecular weight is 458 g/mol. The zero-order valence-corrected chi connectivity index (χ0v) is 18.7. The molecule has 0 aliphatic heterocycles. The Morgan fingerprint density at radius 1 is 0.912 bits per heavy atom. The van der Waals surface area contributed by atoms with Gasteiger partial charge < -0.3 is 14.7 Å². The fourth-order valence-corrected chi connectivity index (χ4v) is 3.44. The summed E-state index contributed by atoms with van der Waals surface area (Å²) >= 11 is 0. The van der Waals surface area contributed by atoms with Gasteiger partial charge in [-0.05, 0) is 42.3 Å². The van der Waals surface area contributed by atoms with Gasteiger partial charge in [-0.2, -0.15) is 0 Å². The summed E-state index contributed by atoms with van der Waals surface area (Å²) in [6.07, 6.45) is 0. The van der Waals surface area contributed by atoms with Crippen molar-refractivity contribution in [3.05, 3.63) is 124 Å². The molecule has 4 aromatic rings. The Hall–Kier alpha value is -4.26. The molecule has 0 aliphatic carbocycles. The zero-order valence-electron chi connectivity index (χ0n) is 18.7. The van der Waals surface area contributed by atoms with E-state index in [9.17, 15) is 14.0 Å². The molecule has 0 unspecified atom stereocenters. The second-order valence-electron chi connectivity index (χ2n) is 8.00. The number of carbonyl (C=O) groups excluding carboxylic acids is 2. The third-order valence-corrected chi connectivity index (χ3v) is 5.31. The minimum atomic E-state index is -0.414. The SMILES string of the molecule is Cc1ccc(CNC(=O)c2cc(CN(Cc3ccccc3)C(=O)c3ccc(F)cc3)on2)cc1. The van der Waals surface area contributed by atoms with Gasteiger partial charge in [-0.25, -0.2) is 4.39 Å². The van der Waals surface area contributed by atoms with Crippen LogP contribution < -0.4 is 5.32 Å². The van der Waals surface area contributed by atoms with Crippen molar-refractivity contribution in [2.75, 3.05) is 0 Å². The molecule has 1 N–H and O–H groups in total. The van der Waals surface area contributed by atoms with Crippen LogP contribution in [-0.4, -0.2) is 21.9 Å². The van der Waals surface area contributed by atoms with Crippen molar-refractivity contribution < 1.29 is 18.5 Å². The molecule has 172 valence electrons. The fraction of sp³-hybridized carbons (Fsp3) is 0.148. The van der Waals surface area contributed by atoms with Crippen LogP contribution in [0, 0.1) is 12.7 Å². The highest BCUT2D eigenvalue weighted by molar-refractivity contribution is 5.94. The van der Waals surface area contributed by atoms with Crippen LogP contribution in [0.2, 0.25) is 0 Å². The topological polar surface area (TPSA) is 75.4 Å². The van der Waals surface area contributed by atoms with Crippen LogP contribution in [-0.2, 0) is 19.6 Å². The van der Waals surface area contributed by atoms with Crippen LogP contribution in [0.4, 0.5) is 4.39 Å². The number of benzene rings is 3. The average Bonchev–Trinajstić information content (AvgIpc) is 3.32. The van der Waals surface area contributed by atoms with Crippen molar-refractivity contribution >= 4 is 11.8 Å². The number of carbonyl (C=O) groups is 2. The minimum Gasteiger partial charge on any atom is -0.359 e. The summed E-state index contributed by atoms with van der Waals surface area (Å²) in [5.74, 6) is -0.699. The number of aromatic nitrogens is 1. The number of nitrogens with zero attached hydrogens (tertiary/aromatic N) is 2. The van der Waals surface area contributed by atoms with E-state index in [1.165, 1.54) is 30.3 Å². The molecule has 2 amide bonds. The minimum absolute atomic E-state index is 0.101. The Morgan fingerprint density at radius 3 is 2.32 bits per heavy atom. The number of aryl methyl sites for hydroxylation is 1. The lowest BCUT2D eigenvalue weighted by molar-refractivity contribution is 0.0713. The van der Waals surface area contributed by atoms with Crippen LogP contribution in [0.25, 0.3) is 0 Å². The van der Waals surface area contributed by atoms with Gasteiger partial charge in [0.05, 0.1) is 6.54 Å². The van der Waals surface area contributed by atoms with Crippen LogP contribution in [0.1, 0.15) is 43.3 Å². The van der Waals surface area contributed by atoms with E-state index < -0.39 is 5.82 Å². The number of hydrogen-bond acceptors (Lipinski definition) is 4. The van der Waals surface area contributed by atoms with Gasteiger partial charge in [0.2, 0.25) is 0 Å². The molecule has 4 rings (SSSR count). The smallest absolute Gasteiger partial charge is 0.273 e. The molecular weight excluding hydrogens is 433 g/mol. The molecule has 0 saturated carbocycles. The first kappa shape index (κ1) is 22.9. The van der Waals surface area contributed by atoms with Crippen molar-refractivity contribution in [2.24, 2.45) is 0 Å². The highest BCUT2D eigenvalue weighted by Gasteiger charge is 2.20. The van der Waals surface area contributed by atoms with Gasteiger partial charge in [-0.15, -0.1) is 0 Å². The lowest BCUT2D eigenvalue weighted by atomic mass is 10.1. The van der Waals surface area contributed by atoms with Crippen molar-refractivity contribution in [3.8, 4) is 0 Å². The molecular formula is C27H24FN3O3. The number of nitrogens with one attached hydrogen (secondary N) is 1. The molecule has 7 heteroatoms. The maximum absolute atomic E-state index is 13.3. The number of rotatable bonds is 8. The van der Waals surface area contributed by atoms with E-state index >= 15 is 0 Å². The van der Waals surface area contributed by atoms with E-state index in [4.69, 9.17) is 4.52 Å². The molecule has 6 nitrogen and oxygen atoms in total. The predicted octanol–water partition coefficient (Wildman–Crippen LogP) is 4.89. The van der Waals surface area contributed by atoms with Crippen molar-refractivity contribution in [1.29, 1.82) is 0 Å². The highest BCUT2D eigenvalue weighted by Crippen LogP contribution is 2.16. The van der Waals surface area contributed by atoms with Crippen molar-refractivity contribution in [2.45, 2.75) is 26.6 Å². The Morgan fingerprint density at radius 2 is 1.62 bits per heavy atom. The summed E-state index contributed by atoms with van der Waals surface area (Å²) in [5.41, 5.74) is 3.53. The molecule has 1 heterocycles. The van der Waals surface area contributed by atoms with Crippen molar-refractivity contribution in [1.82, 2.24) is 15.4 Å². The summed E-state index contributed by atoms with van der Waals surface area (Å²) in [6.45, 7) is 2.78. The molecule has 0 aliphatic rings. The molecule has 0 atom stereocenters. The Bertz CT molecular complexity index is 1250. The highest BCUT2D eigenvalue weighted by atomic mass is 19.1. The van der Waals surface area contributed by atoms with Gasteiger partial charge in [-0.1, -0.05) is 65.3 Å². The summed E-state index contributed by atoms with van der Waals surface area (Å²) < 4.78 is 18.7. The van der Waals surface area contributed by atoms with Crippen LogP contribution in [0.15, 0.2) is 89.5 Å². The first-order chi connectivity index (χ1) is 16.5. The second kappa shape index (κ2) is 10.6. The summed E-state index contributed by atoms with van der Waals surface area (Å²) in [4.78, 5) is 27.2. The van der Waals surface area contributed by atoms with E-state index in [-0.39, 0.29) is 24.1 Å². The van der Waals surface area contributed by atoms with E-state index in [1.54, 1.807) is 4.90 Å². The van der Waals surface area contributed by atoms with Gasteiger partial charge in [-0.3, -0.25) is 9.59 Å². The molecule has 0 radical (unpaired) electrons. The standard InChI is InChI=1S/C27H24FN3O3/c1-19-7-9-20(10-8-19)16-29-26(32)25-15-24(34-30-25)18-31(17-21-5-3-2-4-6-21)27(33)22-11-13-23(28)14-12-22/h2-15H,16-18H2,1H3,(H,29,32). The summed E-state index contributed by atoms with van der Waals surface area (Å²) in [7, 11) is 0. The summed E-state index contributed by atoms with van der Waals surface area (Å²) in [6, 6.07) is 24.3. The Kier molecular flexibility index (Phi) is 7.13. The van der Waals surface area contributed by atoms with Gasteiger partial charge in [0.25, 0.3) is 11.8 Å². The first-order valence-corrected chi connectivity index (χ1v) is 10.9. The Labute approximate surface area is 197 Å². The third-order valence-electron chi connectivity index (χ3n) is 5.31. The second-order valence-corrected chi connectivity index (χ2v) is 8.00. The quantitative estimate of drug-likeness (QED) is 0.409. The van der Waals surface area contributed by atoms with Gasteiger partial charge >= 0.3 is 0 Å². The van der Waals surface area contributed by atoms with Crippen LogP contribution in [0.5, 0.6) is 0 Å². The van der Waals surface area contributed by atoms with Crippen LogP contribution in [0.3, 0.4) is 0 Å². The number of hydrogen-bond donors (Lipinski definition) is 1. The van der Waals surface area contributed by atoms with Gasteiger partial charge in [0.1, 0.15) is 5.82 Å². The lowest BCUT2D eigenvalue weighted by Gasteiger charge is -2.21. The lowest BCUT2D eigenvalue weighted by Crippen LogP contribution is -2.30. The molecule has 0 spiro atoms. The van der Waals surface area contributed by atoms with Gasteiger partial charge in [0, 0.05) is 24.7 Å². The fourth-order valence-electron chi connectivity index (χ4n) is 3.44. The van der Waals surface area contributed by atoms with Crippen LogP contribution >= 0.6 is 0 Å². The monoisotopic (exact) mass is 457 g/mol. The molecule has 0 fully saturated rings. The normalized spacial score (nSPS) is 10.6. The molecule has 34 heavy (non-hydrogen) atoms. The molecule has 1 aromatic heterocycles. The molecule has 0 bridgehead atoms. The largest absolute Gasteiger partial charge is 0.359 e. The summed E-state index contributed by atoms with van der Waals surface area (Å²) in [5, 5.41) is 6.69. The van der Waals surface area contributed by atoms with E-state index in [1.807, 2.05) is 61.5 Å². The third kappa shape index (κ3) is 5.95. The van der Waals surface area contributed by atoms with Gasteiger partial charge in [0.15, 0.2) is 11.5 Å². The first-order valence-electron chi connectivity index (χ1n) is 10.9. The number of amides is 2. The maximum atomic E-state index is 13.3. The van der Waals surface area contributed by atoms with Crippen molar-refractivity contribution in [3.63, 3.8) is 0 Å². The molecule has 3 aromatic carbocycles. The molecule has 0 saturated heterocycles. The Balaban J connectivity index is 1.46. The van der Waals surface area contributed by atoms with E-state index in [2.05, 4.69) is 10.5 Å². The number of halogens is 1. The van der Waals surface area contributed by atoms with E-state index in [0.717, 1.165) is 16.7 Å². The maximum Gasteiger partial charge on any atom is 0.273 e.